The van der Waals surface area contributed by atoms with E-state index in [2.05, 4.69) is 0 Å². The van der Waals surface area contributed by atoms with Crippen molar-refractivity contribution in [1.29, 1.82) is 0 Å². The molecule has 0 N–H and O–H groups in total. The van der Waals surface area contributed by atoms with Crippen LogP contribution in [0.25, 0.3) is 16.7 Å². The summed E-state index contributed by atoms with van der Waals surface area (Å²) in [5.41, 5.74) is 1.73. The first-order chi connectivity index (χ1) is 16.5. The number of benzene rings is 3. The van der Waals surface area contributed by atoms with Crippen LogP contribution in [0.3, 0.4) is 0 Å². The number of nitrogens with zero attached hydrogens (tertiary/aromatic N) is 1. The summed E-state index contributed by atoms with van der Waals surface area (Å²) in [6.07, 6.45) is -6.42. The summed E-state index contributed by atoms with van der Waals surface area (Å²) in [5, 5.41) is 0. The Kier molecular flexibility index (Phi) is 8.31. The third-order valence-corrected chi connectivity index (χ3v) is 5.97. The number of Topliss-reactive ketones (excluding diaryl/α,β-unsaturated/α-hetero) is 1. The van der Waals surface area contributed by atoms with E-state index in [-0.39, 0.29) is 24.7 Å². The summed E-state index contributed by atoms with van der Waals surface area (Å²) in [6.45, 7) is 1.14. The van der Waals surface area contributed by atoms with E-state index in [1.165, 1.54) is 18.2 Å². The van der Waals surface area contributed by atoms with Crippen LogP contribution in [0.5, 0.6) is 0 Å². The third kappa shape index (κ3) is 6.56. The fourth-order valence-electron chi connectivity index (χ4n) is 4.01. The lowest BCUT2D eigenvalue weighted by atomic mass is 9.97. The molecule has 0 saturated heterocycles. The molecule has 0 spiro atoms. The number of hydrogen-bond acceptors (Lipinski definition) is 2. The molecule has 1 aliphatic rings. The van der Waals surface area contributed by atoms with Gasteiger partial charge in [0, 0.05) is 18.7 Å². The molecule has 0 bridgehead atoms. The highest BCUT2D eigenvalue weighted by Crippen LogP contribution is 2.33. The molecule has 0 fully saturated rings. The van der Waals surface area contributed by atoms with Crippen LogP contribution in [-0.2, 0) is 12.4 Å². The zero-order valence-corrected chi connectivity index (χ0v) is 19.7. The van der Waals surface area contributed by atoms with Gasteiger partial charge in [0.2, 0.25) is 0 Å². The standard InChI is InChI=1S/C27H21F6NO.ClH/c28-26(29,30)23-10-8-19(9-11-23)18-4-6-21(7-5-18)25(35)17-34-14-12-20(13-15-34)22-2-1-3-24(16-22)27(31,32)33;/h1-12,16H,13-15,17H2;1H. The molecule has 36 heavy (non-hydrogen) atoms. The lowest BCUT2D eigenvalue weighted by molar-refractivity contribution is -0.138. The molecule has 0 saturated carbocycles. The molecule has 190 valence electrons. The predicted octanol–water partition coefficient (Wildman–Crippen LogP) is 7.79. The highest BCUT2D eigenvalue weighted by atomic mass is 35.5. The Labute approximate surface area is 210 Å². The smallest absolute Gasteiger partial charge is 0.293 e. The van der Waals surface area contributed by atoms with Gasteiger partial charge in [0.25, 0.3) is 0 Å². The van der Waals surface area contributed by atoms with E-state index in [4.69, 9.17) is 0 Å². The fourth-order valence-corrected chi connectivity index (χ4v) is 4.01. The van der Waals surface area contributed by atoms with Gasteiger partial charge in [-0.15, -0.1) is 12.4 Å². The van der Waals surface area contributed by atoms with Crippen LogP contribution in [0.1, 0.15) is 33.5 Å². The van der Waals surface area contributed by atoms with Gasteiger partial charge in [0.15, 0.2) is 5.78 Å². The van der Waals surface area contributed by atoms with E-state index in [1.54, 1.807) is 30.3 Å². The van der Waals surface area contributed by atoms with Gasteiger partial charge in [-0.05, 0) is 52.9 Å². The minimum atomic E-state index is -4.40. The second kappa shape index (κ2) is 10.9. The average molecular weight is 526 g/mol. The normalized spacial score (nSPS) is 14.7. The van der Waals surface area contributed by atoms with Gasteiger partial charge >= 0.3 is 12.4 Å². The summed E-state index contributed by atoms with van der Waals surface area (Å²) in [6, 6.07) is 16.7. The van der Waals surface area contributed by atoms with Crippen molar-refractivity contribution in [3.05, 3.63) is 101 Å². The van der Waals surface area contributed by atoms with Gasteiger partial charge in [0.1, 0.15) is 0 Å². The molecule has 0 radical (unpaired) electrons. The van der Waals surface area contributed by atoms with E-state index in [0.717, 1.165) is 29.8 Å². The maximum Gasteiger partial charge on any atom is 0.416 e. The molecule has 4 rings (SSSR count). The topological polar surface area (TPSA) is 20.3 Å². The molecular weight excluding hydrogens is 504 g/mol. The highest BCUT2D eigenvalue weighted by molar-refractivity contribution is 5.98. The first-order valence-electron chi connectivity index (χ1n) is 10.9. The Balaban J connectivity index is 0.00000361. The van der Waals surface area contributed by atoms with Crippen LogP contribution in [0, 0.1) is 0 Å². The van der Waals surface area contributed by atoms with Crippen LogP contribution < -0.4 is 0 Å². The van der Waals surface area contributed by atoms with E-state index >= 15 is 0 Å². The minimum Gasteiger partial charge on any atom is -0.293 e. The molecule has 1 heterocycles. The van der Waals surface area contributed by atoms with Crippen molar-refractivity contribution in [2.45, 2.75) is 18.8 Å². The largest absolute Gasteiger partial charge is 0.416 e. The molecule has 0 amide bonds. The van der Waals surface area contributed by atoms with E-state index < -0.39 is 23.5 Å². The van der Waals surface area contributed by atoms with Crippen molar-refractivity contribution < 1.29 is 31.1 Å². The number of rotatable bonds is 5. The number of halogens is 7. The van der Waals surface area contributed by atoms with Crippen molar-refractivity contribution in [1.82, 2.24) is 4.90 Å². The Morgan fingerprint density at radius 3 is 1.86 bits per heavy atom. The summed E-state index contributed by atoms with van der Waals surface area (Å²) in [7, 11) is 0. The molecule has 1 aliphatic heterocycles. The predicted molar refractivity (Wildman–Crippen MR) is 129 cm³/mol. The second-order valence-corrected chi connectivity index (χ2v) is 8.37. The Morgan fingerprint density at radius 2 is 1.33 bits per heavy atom. The zero-order valence-electron chi connectivity index (χ0n) is 18.9. The lowest BCUT2D eigenvalue weighted by Crippen LogP contribution is -2.33. The summed E-state index contributed by atoms with van der Waals surface area (Å²) < 4.78 is 77.1. The van der Waals surface area contributed by atoms with Crippen LogP contribution >= 0.6 is 12.4 Å². The van der Waals surface area contributed by atoms with Gasteiger partial charge in [-0.25, -0.2) is 0 Å². The van der Waals surface area contributed by atoms with Crippen LogP contribution in [0.4, 0.5) is 26.3 Å². The maximum atomic E-state index is 13.0. The number of hydrogen-bond donors (Lipinski definition) is 0. The molecule has 9 heteroatoms. The zero-order chi connectivity index (χ0) is 25.2. The average Bonchev–Trinajstić information content (AvgIpc) is 2.84. The van der Waals surface area contributed by atoms with Crippen molar-refractivity contribution in [2.75, 3.05) is 19.6 Å². The van der Waals surface area contributed by atoms with Crippen molar-refractivity contribution in [2.24, 2.45) is 0 Å². The lowest BCUT2D eigenvalue weighted by Gasteiger charge is -2.26. The van der Waals surface area contributed by atoms with Gasteiger partial charge in [-0.1, -0.05) is 54.6 Å². The number of carbonyl (C=O) groups is 1. The molecule has 3 aromatic carbocycles. The Morgan fingerprint density at radius 1 is 0.750 bits per heavy atom. The second-order valence-electron chi connectivity index (χ2n) is 8.37. The molecule has 0 aromatic heterocycles. The molecule has 3 aromatic rings. The SMILES string of the molecule is Cl.O=C(CN1CC=C(c2cccc(C(F)(F)F)c2)CC1)c1ccc(-c2ccc(C(F)(F)F)cc2)cc1. The summed E-state index contributed by atoms with van der Waals surface area (Å²) in [5.74, 6) is -0.111. The van der Waals surface area contributed by atoms with Crippen LogP contribution in [0.2, 0.25) is 0 Å². The van der Waals surface area contributed by atoms with Gasteiger partial charge in [0.05, 0.1) is 17.7 Å². The van der Waals surface area contributed by atoms with Crippen molar-refractivity contribution in [3.8, 4) is 11.1 Å². The molecular formula is C27H22ClF6NO. The first-order valence-corrected chi connectivity index (χ1v) is 10.9. The highest BCUT2D eigenvalue weighted by Gasteiger charge is 2.31. The van der Waals surface area contributed by atoms with E-state index in [1.807, 2.05) is 11.0 Å². The fraction of sp³-hybridized carbons (Fsp3) is 0.222. The number of ketones is 1. The monoisotopic (exact) mass is 525 g/mol. The van der Waals surface area contributed by atoms with Crippen molar-refractivity contribution in [3.63, 3.8) is 0 Å². The Bertz CT molecular complexity index is 1230. The molecule has 0 atom stereocenters. The molecule has 2 nitrogen and oxygen atoms in total. The van der Waals surface area contributed by atoms with Gasteiger partial charge in [-0.3, -0.25) is 9.69 Å². The maximum absolute atomic E-state index is 13.0. The first kappa shape index (κ1) is 27.5. The van der Waals surface area contributed by atoms with Crippen molar-refractivity contribution >= 4 is 23.8 Å². The van der Waals surface area contributed by atoms with Gasteiger partial charge in [-0.2, -0.15) is 26.3 Å². The molecule has 0 aliphatic carbocycles. The number of carbonyl (C=O) groups excluding carboxylic acids is 1. The van der Waals surface area contributed by atoms with Crippen LogP contribution in [-0.4, -0.2) is 30.3 Å². The Hall–Kier alpha value is -3.10. The van der Waals surface area contributed by atoms with Crippen LogP contribution in [0.15, 0.2) is 78.9 Å². The third-order valence-electron chi connectivity index (χ3n) is 5.97. The molecule has 0 unspecified atom stereocenters. The van der Waals surface area contributed by atoms with E-state index in [0.29, 0.717) is 41.8 Å². The summed E-state index contributed by atoms with van der Waals surface area (Å²) in [4.78, 5) is 14.6. The summed E-state index contributed by atoms with van der Waals surface area (Å²) >= 11 is 0. The van der Waals surface area contributed by atoms with E-state index in [9.17, 15) is 31.1 Å². The minimum absolute atomic E-state index is 0. The van der Waals surface area contributed by atoms with Gasteiger partial charge < -0.3 is 0 Å². The quantitative estimate of drug-likeness (QED) is 0.250. The number of alkyl halides is 6.